The predicted molar refractivity (Wildman–Crippen MR) is 98.3 cm³/mol. The van der Waals surface area contributed by atoms with E-state index >= 15 is 0 Å². The van der Waals surface area contributed by atoms with Gasteiger partial charge in [-0.3, -0.25) is 20.0 Å². The highest BCUT2D eigenvalue weighted by Gasteiger charge is 2.29. The van der Waals surface area contributed by atoms with Crippen LogP contribution in [-0.2, 0) is 4.79 Å². The Hall–Kier alpha value is -3.68. The van der Waals surface area contributed by atoms with E-state index in [1.54, 1.807) is 19.2 Å². The van der Waals surface area contributed by atoms with Gasteiger partial charge in [-0.1, -0.05) is 30.3 Å². The minimum Gasteiger partial charge on any atom is -0.496 e. The number of methoxy groups -OCH3 is 1. The van der Waals surface area contributed by atoms with Gasteiger partial charge in [0, 0.05) is 5.56 Å². The van der Waals surface area contributed by atoms with Gasteiger partial charge in [0.25, 0.3) is 5.91 Å². The Bertz CT molecular complexity index is 1010. The van der Waals surface area contributed by atoms with Crippen molar-refractivity contribution in [2.45, 2.75) is 12.5 Å². The van der Waals surface area contributed by atoms with Crippen LogP contribution in [0.4, 0.5) is 5.95 Å². The van der Waals surface area contributed by atoms with Gasteiger partial charge in [-0.2, -0.15) is 4.98 Å². The van der Waals surface area contributed by atoms with Crippen molar-refractivity contribution in [1.82, 2.24) is 20.5 Å². The van der Waals surface area contributed by atoms with Crippen molar-refractivity contribution in [1.29, 1.82) is 0 Å². The maximum Gasteiger partial charge on any atom is 0.252 e. The number of carbonyl (C=O) groups excluding carboxylic acids is 2. The molecule has 27 heavy (non-hydrogen) atoms. The molecule has 136 valence electrons. The van der Waals surface area contributed by atoms with E-state index in [1.807, 2.05) is 36.4 Å². The van der Waals surface area contributed by atoms with E-state index in [0.717, 1.165) is 11.1 Å². The topological polar surface area (TPSA) is 109 Å². The number of ether oxygens (including phenoxy) is 1. The number of aromatic amines is 1. The summed E-state index contributed by atoms with van der Waals surface area (Å²) >= 11 is 0. The maximum atomic E-state index is 12.4. The van der Waals surface area contributed by atoms with Gasteiger partial charge in [0.1, 0.15) is 5.75 Å². The lowest BCUT2D eigenvalue weighted by molar-refractivity contribution is -0.116. The first-order valence-corrected chi connectivity index (χ1v) is 8.41. The molecule has 2 heterocycles. The summed E-state index contributed by atoms with van der Waals surface area (Å²) in [4.78, 5) is 28.6. The zero-order valence-corrected chi connectivity index (χ0v) is 14.5. The Morgan fingerprint density at radius 2 is 1.89 bits per heavy atom. The van der Waals surface area contributed by atoms with E-state index < -0.39 is 0 Å². The average Bonchev–Trinajstić information content (AvgIpc) is 3.27. The van der Waals surface area contributed by atoms with Crippen LogP contribution in [-0.4, -0.2) is 34.1 Å². The molecule has 1 aromatic heterocycles. The molecule has 0 saturated heterocycles. The Morgan fingerprint density at radius 3 is 2.70 bits per heavy atom. The zero-order chi connectivity index (χ0) is 18.8. The summed E-state index contributed by atoms with van der Waals surface area (Å²) in [5, 5.41) is 12.3. The number of carbonyl (C=O) groups is 2. The molecule has 0 radical (unpaired) electrons. The molecule has 0 saturated carbocycles. The minimum absolute atomic E-state index is 0.0985. The van der Waals surface area contributed by atoms with E-state index in [2.05, 4.69) is 25.8 Å². The molecular weight excluding hydrogens is 346 g/mol. The van der Waals surface area contributed by atoms with Crippen molar-refractivity contribution in [3.63, 3.8) is 0 Å². The number of benzene rings is 2. The normalized spacial score (nSPS) is 15.1. The van der Waals surface area contributed by atoms with Gasteiger partial charge in [-0.15, -0.1) is 5.10 Å². The average molecular weight is 363 g/mol. The van der Waals surface area contributed by atoms with E-state index in [4.69, 9.17) is 4.74 Å². The molecule has 1 unspecified atom stereocenters. The van der Waals surface area contributed by atoms with Crippen molar-refractivity contribution in [2.75, 3.05) is 12.4 Å². The summed E-state index contributed by atoms with van der Waals surface area (Å²) in [5.41, 5.74) is 2.17. The smallest absolute Gasteiger partial charge is 0.252 e. The number of nitrogens with one attached hydrogen (secondary N) is 3. The molecule has 3 N–H and O–H groups in total. The zero-order valence-electron chi connectivity index (χ0n) is 14.5. The summed E-state index contributed by atoms with van der Waals surface area (Å²) in [6, 6.07) is 14.3. The fourth-order valence-corrected chi connectivity index (χ4v) is 3.12. The number of amides is 2. The molecule has 0 aliphatic carbocycles. The highest BCUT2D eigenvalue weighted by atomic mass is 16.5. The van der Waals surface area contributed by atoms with Gasteiger partial charge in [0.2, 0.25) is 11.9 Å². The van der Waals surface area contributed by atoms with E-state index in [1.165, 1.54) is 0 Å². The number of anilines is 1. The number of hydrogen-bond acceptors (Lipinski definition) is 5. The highest BCUT2D eigenvalue weighted by molar-refractivity contribution is 6.00. The lowest BCUT2D eigenvalue weighted by atomic mass is 10.0. The highest BCUT2D eigenvalue weighted by Crippen LogP contribution is 2.29. The van der Waals surface area contributed by atoms with Gasteiger partial charge in [-0.25, -0.2) is 0 Å². The fourth-order valence-electron chi connectivity index (χ4n) is 3.12. The van der Waals surface area contributed by atoms with Crippen LogP contribution in [0.1, 0.15) is 28.4 Å². The number of fused-ring (bicyclic) bond motifs is 1. The van der Waals surface area contributed by atoms with Crippen LogP contribution in [0.25, 0.3) is 11.4 Å². The molecule has 0 spiro atoms. The first-order chi connectivity index (χ1) is 13.2. The minimum atomic E-state index is -0.360. The maximum absolute atomic E-state index is 12.4. The van der Waals surface area contributed by atoms with Crippen molar-refractivity contribution in [3.8, 4) is 17.1 Å². The van der Waals surface area contributed by atoms with E-state index in [0.29, 0.717) is 17.1 Å². The van der Waals surface area contributed by atoms with Crippen LogP contribution in [0.15, 0.2) is 48.5 Å². The largest absolute Gasteiger partial charge is 0.496 e. The summed E-state index contributed by atoms with van der Waals surface area (Å²) in [7, 11) is 1.58. The second-order valence-corrected chi connectivity index (χ2v) is 6.07. The number of aromatic nitrogens is 3. The number of para-hydroxylation sites is 1. The Labute approximate surface area is 155 Å². The van der Waals surface area contributed by atoms with Crippen molar-refractivity contribution >= 4 is 17.8 Å². The molecule has 1 aliphatic rings. The van der Waals surface area contributed by atoms with Gasteiger partial charge < -0.3 is 10.1 Å². The van der Waals surface area contributed by atoms with Crippen LogP contribution >= 0.6 is 0 Å². The van der Waals surface area contributed by atoms with Crippen LogP contribution in [0.3, 0.4) is 0 Å². The molecule has 8 nitrogen and oxygen atoms in total. The molecule has 2 amide bonds. The summed E-state index contributed by atoms with van der Waals surface area (Å²) in [5.74, 6) is 0.847. The molecule has 0 fully saturated rings. The molecule has 2 aromatic carbocycles. The second kappa shape index (κ2) is 6.91. The lowest BCUT2D eigenvalue weighted by Crippen LogP contribution is -2.24. The first kappa shape index (κ1) is 16.8. The van der Waals surface area contributed by atoms with E-state index in [9.17, 15) is 9.59 Å². The third-order valence-electron chi connectivity index (χ3n) is 4.37. The van der Waals surface area contributed by atoms with Crippen LogP contribution in [0, 0.1) is 0 Å². The number of nitrogens with zero attached hydrogens (tertiary/aromatic N) is 2. The van der Waals surface area contributed by atoms with Gasteiger partial charge in [0.05, 0.1) is 25.1 Å². The SMILES string of the molecule is COc1ccccc1-c1nc(NC(=O)CC2NC(=O)c3ccccc32)n[nH]1. The third kappa shape index (κ3) is 3.24. The number of H-pyrrole nitrogens is 1. The van der Waals surface area contributed by atoms with Crippen LogP contribution in [0.2, 0.25) is 0 Å². The summed E-state index contributed by atoms with van der Waals surface area (Å²) in [6.45, 7) is 0. The molecule has 1 aliphatic heterocycles. The van der Waals surface area contributed by atoms with Crippen molar-refractivity contribution < 1.29 is 14.3 Å². The second-order valence-electron chi connectivity index (χ2n) is 6.07. The number of hydrogen-bond donors (Lipinski definition) is 3. The van der Waals surface area contributed by atoms with Crippen molar-refractivity contribution in [2.24, 2.45) is 0 Å². The molecule has 4 rings (SSSR count). The molecular formula is C19H17N5O3. The summed E-state index contributed by atoms with van der Waals surface area (Å²) in [6.07, 6.45) is 0.0985. The van der Waals surface area contributed by atoms with E-state index in [-0.39, 0.29) is 30.2 Å². The Balaban J connectivity index is 1.46. The Morgan fingerprint density at radius 1 is 1.15 bits per heavy atom. The van der Waals surface area contributed by atoms with Crippen LogP contribution < -0.4 is 15.4 Å². The first-order valence-electron chi connectivity index (χ1n) is 8.41. The fraction of sp³-hybridized carbons (Fsp3) is 0.158. The molecule has 0 bridgehead atoms. The lowest BCUT2D eigenvalue weighted by Gasteiger charge is -2.10. The monoisotopic (exact) mass is 363 g/mol. The number of rotatable bonds is 5. The quantitative estimate of drug-likeness (QED) is 0.644. The Kier molecular flexibility index (Phi) is 4.29. The molecule has 3 aromatic rings. The summed E-state index contributed by atoms with van der Waals surface area (Å²) < 4.78 is 5.31. The standard InChI is InChI=1S/C19H17N5O3/c1-27-15-9-5-4-8-13(15)17-22-19(24-23-17)21-16(25)10-14-11-6-2-3-7-12(11)18(26)20-14/h2-9,14H,10H2,1H3,(H,20,26)(H2,21,22,23,24,25). The molecule has 1 atom stereocenters. The van der Waals surface area contributed by atoms with Gasteiger partial charge >= 0.3 is 0 Å². The van der Waals surface area contributed by atoms with Crippen molar-refractivity contribution in [3.05, 3.63) is 59.7 Å². The predicted octanol–water partition coefficient (Wildman–Crippen LogP) is 2.29. The van der Waals surface area contributed by atoms with Gasteiger partial charge in [0.15, 0.2) is 5.82 Å². The third-order valence-corrected chi connectivity index (χ3v) is 4.37. The van der Waals surface area contributed by atoms with Crippen LogP contribution in [0.5, 0.6) is 5.75 Å². The van der Waals surface area contributed by atoms with Gasteiger partial charge in [-0.05, 0) is 23.8 Å². The molecule has 8 heteroatoms.